The van der Waals surface area contributed by atoms with Crippen LogP contribution in [0.4, 0.5) is 0 Å². The topological polar surface area (TPSA) is 56.2 Å². The molecular weight excluding hydrogens is 240 g/mol. The number of rotatable bonds is 2. The second-order valence-corrected chi connectivity index (χ2v) is 3.95. The van der Waals surface area contributed by atoms with Gasteiger partial charge in [-0.2, -0.15) is 9.61 Å². The van der Waals surface area contributed by atoms with Crippen LogP contribution in [0, 0.1) is 0 Å². The van der Waals surface area contributed by atoms with Gasteiger partial charge >= 0.3 is 0 Å². The maximum absolute atomic E-state index is 5.87. The number of fused-ring (bicyclic) bond motifs is 1. The Kier molecular flexibility index (Phi) is 2.33. The van der Waals surface area contributed by atoms with E-state index in [1.165, 1.54) is 0 Å². The Morgan fingerprint density at radius 1 is 1.29 bits per heavy atom. The van der Waals surface area contributed by atoms with E-state index in [-0.39, 0.29) is 0 Å². The molecule has 6 heteroatoms. The number of hydrogen-bond acceptors (Lipinski definition) is 4. The lowest BCUT2D eigenvalue weighted by molar-refractivity contribution is 0.517. The number of nitrogens with zero attached hydrogens (tertiary/aromatic N) is 4. The Balaban J connectivity index is 2.27. The lowest BCUT2D eigenvalue weighted by Gasteiger charge is -1.98. The highest BCUT2D eigenvalue weighted by molar-refractivity contribution is 6.29. The molecule has 0 aliphatic rings. The molecule has 0 atom stereocenters. The van der Waals surface area contributed by atoms with Gasteiger partial charge in [0, 0.05) is 6.42 Å². The Labute approximate surface area is 102 Å². The summed E-state index contributed by atoms with van der Waals surface area (Å²) in [4.78, 5) is 0. The van der Waals surface area contributed by atoms with Crippen LogP contribution in [-0.4, -0.2) is 19.8 Å². The summed E-state index contributed by atoms with van der Waals surface area (Å²) in [5.74, 6) is 1.51. The zero-order valence-corrected chi connectivity index (χ0v) is 9.85. The van der Waals surface area contributed by atoms with Gasteiger partial charge in [-0.15, -0.1) is 10.2 Å². The summed E-state index contributed by atoms with van der Waals surface area (Å²) in [5, 5.41) is 12.7. The van der Waals surface area contributed by atoms with Gasteiger partial charge in [0.2, 0.25) is 0 Å². The summed E-state index contributed by atoms with van der Waals surface area (Å²) < 4.78 is 6.99. The highest BCUT2D eigenvalue weighted by Crippen LogP contribution is 2.24. The maximum Gasteiger partial charge on any atom is 0.188 e. The van der Waals surface area contributed by atoms with Crippen molar-refractivity contribution in [3.8, 4) is 11.4 Å². The summed E-state index contributed by atoms with van der Waals surface area (Å²) in [6, 6.07) is 5.32. The summed E-state index contributed by atoms with van der Waals surface area (Å²) in [6.45, 7) is 2.02. The smallest absolute Gasteiger partial charge is 0.188 e. The number of aryl methyl sites for hydroxylation is 1. The van der Waals surface area contributed by atoms with Crippen molar-refractivity contribution in [3.05, 3.63) is 35.4 Å². The number of halogens is 1. The second-order valence-electron chi connectivity index (χ2n) is 3.56. The second kappa shape index (κ2) is 3.85. The third kappa shape index (κ3) is 1.59. The van der Waals surface area contributed by atoms with Gasteiger partial charge in [0.05, 0.1) is 11.8 Å². The SMILES string of the molecule is CCc1occc1-c1nnc2ccc(Cl)nn12. The molecule has 0 fully saturated rings. The molecule has 3 heterocycles. The molecule has 86 valence electrons. The molecule has 5 nitrogen and oxygen atoms in total. The van der Waals surface area contributed by atoms with Crippen LogP contribution in [0.1, 0.15) is 12.7 Å². The first-order valence-electron chi connectivity index (χ1n) is 5.24. The lowest BCUT2D eigenvalue weighted by atomic mass is 10.2. The first kappa shape index (κ1) is 10.3. The Bertz CT molecular complexity index is 673. The van der Waals surface area contributed by atoms with Gasteiger partial charge in [0.15, 0.2) is 11.5 Å². The van der Waals surface area contributed by atoms with E-state index in [4.69, 9.17) is 16.0 Å². The average molecular weight is 249 g/mol. The van der Waals surface area contributed by atoms with Crippen molar-refractivity contribution in [2.24, 2.45) is 0 Å². The van der Waals surface area contributed by atoms with Crippen LogP contribution < -0.4 is 0 Å². The lowest BCUT2D eigenvalue weighted by Crippen LogP contribution is -1.95. The van der Waals surface area contributed by atoms with Crippen LogP contribution in [0.3, 0.4) is 0 Å². The molecule has 0 aliphatic heterocycles. The van der Waals surface area contributed by atoms with E-state index < -0.39 is 0 Å². The summed E-state index contributed by atoms with van der Waals surface area (Å²) in [6.07, 6.45) is 2.43. The molecular formula is C11H9ClN4O. The van der Waals surface area contributed by atoms with Crippen LogP contribution in [0.5, 0.6) is 0 Å². The molecule has 0 unspecified atom stereocenters. The van der Waals surface area contributed by atoms with Gasteiger partial charge in [-0.05, 0) is 18.2 Å². The van der Waals surface area contributed by atoms with Gasteiger partial charge in [0.1, 0.15) is 10.9 Å². The Morgan fingerprint density at radius 2 is 2.18 bits per heavy atom. The predicted octanol–water partition coefficient (Wildman–Crippen LogP) is 2.60. The first-order valence-corrected chi connectivity index (χ1v) is 5.62. The van der Waals surface area contributed by atoms with E-state index in [2.05, 4.69) is 15.3 Å². The standard InChI is InChI=1S/C11H9ClN4O/c1-2-8-7(5-6-17-8)11-14-13-10-4-3-9(12)15-16(10)11/h3-6H,2H2,1H3. The maximum atomic E-state index is 5.87. The third-order valence-corrected chi connectivity index (χ3v) is 2.74. The number of aromatic nitrogens is 4. The normalized spacial score (nSPS) is 11.2. The molecule has 0 N–H and O–H groups in total. The molecule has 0 radical (unpaired) electrons. The van der Waals surface area contributed by atoms with E-state index >= 15 is 0 Å². The van der Waals surface area contributed by atoms with Crippen molar-refractivity contribution in [1.29, 1.82) is 0 Å². The molecule has 17 heavy (non-hydrogen) atoms. The van der Waals surface area contributed by atoms with Crippen LogP contribution in [0.25, 0.3) is 17.0 Å². The average Bonchev–Trinajstić information content (AvgIpc) is 2.93. The van der Waals surface area contributed by atoms with Crippen LogP contribution in [0.15, 0.2) is 28.9 Å². The van der Waals surface area contributed by atoms with Gasteiger partial charge in [0.25, 0.3) is 0 Å². The van der Waals surface area contributed by atoms with Gasteiger partial charge in [-0.25, -0.2) is 0 Å². The molecule has 3 aromatic rings. The zero-order chi connectivity index (χ0) is 11.8. The summed E-state index contributed by atoms with van der Waals surface area (Å²) >= 11 is 5.87. The molecule has 0 aliphatic carbocycles. The Hall–Kier alpha value is -1.88. The minimum absolute atomic E-state index is 0.403. The van der Waals surface area contributed by atoms with Gasteiger partial charge < -0.3 is 4.42 Å². The highest BCUT2D eigenvalue weighted by Gasteiger charge is 2.14. The molecule has 0 amide bonds. The third-order valence-electron chi connectivity index (χ3n) is 2.54. The van der Waals surface area contributed by atoms with Crippen molar-refractivity contribution < 1.29 is 4.42 Å². The molecule has 0 saturated heterocycles. The zero-order valence-electron chi connectivity index (χ0n) is 9.09. The van der Waals surface area contributed by atoms with Crippen molar-refractivity contribution in [3.63, 3.8) is 0 Å². The quantitative estimate of drug-likeness (QED) is 0.700. The van der Waals surface area contributed by atoms with E-state index in [0.29, 0.717) is 16.6 Å². The van der Waals surface area contributed by atoms with Crippen molar-refractivity contribution in [1.82, 2.24) is 19.8 Å². The largest absolute Gasteiger partial charge is 0.469 e. The Morgan fingerprint density at radius 3 is 3.00 bits per heavy atom. The number of furan rings is 1. The first-order chi connectivity index (χ1) is 8.29. The predicted molar refractivity (Wildman–Crippen MR) is 62.9 cm³/mol. The summed E-state index contributed by atoms with van der Waals surface area (Å²) in [5.41, 5.74) is 1.56. The molecule has 3 rings (SSSR count). The highest BCUT2D eigenvalue weighted by atomic mass is 35.5. The van der Waals surface area contributed by atoms with E-state index in [1.54, 1.807) is 22.9 Å². The fraction of sp³-hybridized carbons (Fsp3) is 0.182. The molecule has 0 aromatic carbocycles. The van der Waals surface area contributed by atoms with Gasteiger partial charge in [-0.3, -0.25) is 0 Å². The minimum Gasteiger partial charge on any atom is -0.469 e. The fourth-order valence-corrected chi connectivity index (χ4v) is 1.89. The molecule has 0 saturated carbocycles. The van der Waals surface area contributed by atoms with E-state index in [9.17, 15) is 0 Å². The van der Waals surface area contributed by atoms with Crippen LogP contribution in [-0.2, 0) is 6.42 Å². The summed E-state index contributed by atoms with van der Waals surface area (Å²) in [7, 11) is 0. The minimum atomic E-state index is 0.403. The number of hydrogen-bond donors (Lipinski definition) is 0. The molecule has 3 aromatic heterocycles. The van der Waals surface area contributed by atoms with E-state index in [1.807, 2.05) is 13.0 Å². The van der Waals surface area contributed by atoms with Crippen LogP contribution in [0.2, 0.25) is 5.15 Å². The molecule has 0 spiro atoms. The monoisotopic (exact) mass is 248 g/mol. The molecule has 0 bridgehead atoms. The fourth-order valence-electron chi connectivity index (χ4n) is 1.75. The van der Waals surface area contributed by atoms with Gasteiger partial charge in [-0.1, -0.05) is 18.5 Å². The van der Waals surface area contributed by atoms with Crippen molar-refractivity contribution in [2.75, 3.05) is 0 Å². The van der Waals surface area contributed by atoms with Crippen LogP contribution >= 0.6 is 11.6 Å². The van der Waals surface area contributed by atoms with E-state index in [0.717, 1.165) is 17.7 Å². The van der Waals surface area contributed by atoms with Crippen molar-refractivity contribution in [2.45, 2.75) is 13.3 Å². The van der Waals surface area contributed by atoms with Crippen molar-refractivity contribution >= 4 is 17.2 Å².